The molecule has 0 unspecified atom stereocenters. The number of methoxy groups -OCH3 is 1. The molecular weight excluding hydrogens is 332 g/mol. The number of carbonyl (C=O) groups excluding carboxylic acids is 2. The van der Waals surface area contributed by atoms with E-state index in [1.54, 1.807) is 37.5 Å². The molecule has 2 aromatic carbocycles. The third-order valence-electron chi connectivity index (χ3n) is 3.94. The summed E-state index contributed by atoms with van der Waals surface area (Å²) in [5.74, 6) is 0.776. The second kappa shape index (κ2) is 7.74. The molecule has 0 spiro atoms. The van der Waals surface area contributed by atoms with Crippen molar-refractivity contribution < 1.29 is 19.1 Å². The summed E-state index contributed by atoms with van der Waals surface area (Å²) >= 11 is 0. The van der Waals surface area contributed by atoms with E-state index in [9.17, 15) is 9.59 Å². The van der Waals surface area contributed by atoms with Crippen LogP contribution in [0, 0.1) is 0 Å². The molecule has 0 saturated heterocycles. The molecule has 2 aromatic rings. The molecule has 134 valence electrons. The van der Waals surface area contributed by atoms with E-state index < -0.39 is 0 Å². The molecule has 3 rings (SSSR count). The topological polar surface area (TPSA) is 67.9 Å². The summed E-state index contributed by atoms with van der Waals surface area (Å²) in [5, 5.41) is 2.76. The Bertz CT molecular complexity index is 861. The SMILES string of the molecule is CCOc1ccc(C=CC(=O)N2CC(=O)Nc3ccccc32)cc1OC. The second-order valence-electron chi connectivity index (χ2n) is 5.67. The molecule has 0 aromatic heterocycles. The number of anilines is 2. The molecule has 0 radical (unpaired) electrons. The van der Waals surface area contributed by atoms with Gasteiger partial charge in [-0.25, -0.2) is 0 Å². The third-order valence-corrected chi connectivity index (χ3v) is 3.94. The Morgan fingerprint density at radius 1 is 1.23 bits per heavy atom. The Balaban J connectivity index is 1.81. The lowest BCUT2D eigenvalue weighted by molar-refractivity contribution is -0.119. The van der Waals surface area contributed by atoms with Gasteiger partial charge < -0.3 is 14.8 Å². The summed E-state index contributed by atoms with van der Waals surface area (Å²) in [7, 11) is 1.57. The molecule has 1 heterocycles. The fourth-order valence-corrected chi connectivity index (χ4v) is 2.75. The fourth-order valence-electron chi connectivity index (χ4n) is 2.75. The van der Waals surface area contributed by atoms with Gasteiger partial charge in [0.25, 0.3) is 5.91 Å². The zero-order valence-electron chi connectivity index (χ0n) is 14.7. The first-order valence-corrected chi connectivity index (χ1v) is 8.31. The van der Waals surface area contributed by atoms with Crippen LogP contribution in [0.1, 0.15) is 12.5 Å². The van der Waals surface area contributed by atoms with Crippen molar-refractivity contribution in [2.75, 3.05) is 30.5 Å². The number of nitrogens with zero attached hydrogens (tertiary/aromatic N) is 1. The predicted molar refractivity (Wildman–Crippen MR) is 101 cm³/mol. The molecule has 0 fully saturated rings. The lowest BCUT2D eigenvalue weighted by Crippen LogP contribution is -2.41. The molecule has 0 aliphatic carbocycles. The Labute approximate surface area is 152 Å². The molecule has 6 heteroatoms. The van der Waals surface area contributed by atoms with E-state index in [1.807, 2.05) is 25.1 Å². The Hall–Kier alpha value is -3.28. The molecule has 1 aliphatic rings. The molecular formula is C20H20N2O4. The highest BCUT2D eigenvalue weighted by Gasteiger charge is 2.25. The van der Waals surface area contributed by atoms with Gasteiger partial charge in [0, 0.05) is 6.08 Å². The molecule has 0 atom stereocenters. The van der Waals surface area contributed by atoms with Crippen LogP contribution in [0.5, 0.6) is 11.5 Å². The van der Waals surface area contributed by atoms with E-state index in [2.05, 4.69) is 5.32 Å². The van der Waals surface area contributed by atoms with Crippen molar-refractivity contribution in [2.24, 2.45) is 0 Å². The first-order valence-electron chi connectivity index (χ1n) is 8.31. The van der Waals surface area contributed by atoms with E-state index in [0.717, 1.165) is 5.56 Å². The molecule has 0 saturated carbocycles. The normalized spacial score (nSPS) is 13.3. The second-order valence-corrected chi connectivity index (χ2v) is 5.67. The maximum absolute atomic E-state index is 12.6. The zero-order chi connectivity index (χ0) is 18.5. The third kappa shape index (κ3) is 3.69. The molecule has 1 aliphatic heterocycles. The van der Waals surface area contributed by atoms with Crippen LogP contribution in [0.3, 0.4) is 0 Å². The van der Waals surface area contributed by atoms with Gasteiger partial charge >= 0.3 is 0 Å². The van der Waals surface area contributed by atoms with Gasteiger partial charge in [-0.3, -0.25) is 14.5 Å². The number of benzene rings is 2. The minimum Gasteiger partial charge on any atom is -0.493 e. The zero-order valence-corrected chi connectivity index (χ0v) is 14.7. The van der Waals surface area contributed by atoms with Crippen molar-refractivity contribution in [1.29, 1.82) is 0 Å². The Morgan fingerprint density at radius 2 is 2.04 bits per heavy atom. The van der Waals surface area contributed by atoms with Gasteiger partial charge in [-0.15, -0.1) is 0 Å². The number of hydrogen-bond donors (Lipinski definition) is 1. The number of fused-ring (bicyclic) bond motifs is 1. The summed E-state index contributed by atoms with van der Waals surface area (Å²) in [5.41, 5.74) is 2.12. The van der Waals surface area contributed by atoms with E-state index in [0.29, 0.717) is 29.5 Å². The largest absolute Gasteiger partial charge is 0.493 e. The van der Waals surface area contributed by atoms with Crippen LogP contribution in [0.4, 0.5) is 11.4 Å². The van der Waals surface area contributed by atoms with E-state index in [4.69, 9.17) is 9.47 Å². The van der Waals surface area contributed by atoms with E-state index >= 15 is 0 Å². The molecule has 2 amide bonds. The monoisotopic (exact) mass is 352 g/mol. The van der Waals surface area contributed by atoms with Crippen LogP contribution >= 0.6 is 0 Å². The van der Waals surface area contributed by atoms with Gasteiger partial charge in [0.1, 0.15) is 6.54 Å². The minimum absolute atomic E-state index is 0.00716. The van der Waals surface area contributed by atoms with Gasteiger partial charge in [0.15, 0.2) is 11.5 Å². The summed E-state index contributed by atoms with van der Waals surface area (Å²) in [6.07, 6.45) is 3.14. The Morgan fingerprint density at radius 3 is 2.81 bits per heavy atom. The smallest absolute Gasteiger partial charge is 0.251 e. The summed E-state index contributed by atoms with van der Waals surface area (Å²) in [6, 6.07) is 12.7. The van der Waals surface area contributed by atoms with Crippen LogP contribution < -0.4 is 19.7 Å². The number of hydrogen-bond acceptors (Lipinski definition) is 4. The van der Waals surface area contributed by atoms with Gasteiger partial charge in [-0.05, 0) is 42.8 Å². The fraction of sp³-hybridized carbons (Fsp3) is 0.200. The quantitative estimate of drug-likeness (QED) is 0.840. The number of ether oxygens (including phenoxy) is 2. The molecule has 0 bridgehead atoms. The van der Waals surface area contributed by atoms with Crippen molar-refractivity contribution in [2.45, 2.75) is 6.92 Å². The minimum atomic E-state index is -0.264. The van der Waals surface area contributed by atoms with Crippen LogP contribution in [-0.4, -0.2) is 32.1 Å². The average Bonchev–Trinajstić information content (AvgIpc) is 2.66. The van der Waals surface area contributed by atoms with Crippen LogP contribution in [0.2, 0.25) is 0 Å². The summed E-state index contributed by atoms with van der Waals surface area (Å²) < 4.78 is 10.8. The van der Waals surface area contributed by atoms with Crippen molar-refractivity contribution >= 4 is 29.3 Å². The van der Waals surface area contributed by atoms with Gasteiger partial charge in [0.2, 0.25) is 5.91 Å². The van der Waals surface area contributed by atoms with Gasteiger partial charge in [0.05, 0.1) is 25.1 Å². The van der Waals surface area contributed by atoms with Crippen molar-refractivity contribution in [1.82, 2.24) is 0 Å². The number of carbonyl (C=O) groups is 2. The van der Waals surface area contributed by atoms with E-state index in [-0.39, 0.29) is 18.4 Å². The maximum atomic E-state index is 12.6. The van der Waals surface area contributed by atoms with Crippen molar-refractivity contribution in [3.05, 3.63) is 54.1 Å². The number of rotatable bonds is 5. The van der Waals surface area contributed by atoms with Crippen LogP contribution in [0.25, 0.3) is 6.08 Å². The van der Waals surface area contributed by atoms with Crippen molar-refractivity contribution in [3.63, 3.8) is 0 Å². The number of amides is 2. The molecule has 6 nitrogen and oxygen atoms in total. The highest BCUT2D eigenvalue weighted by atomic mass is 16.5. The molecule has 26 heavy (non-hydrogen) atoms. The Kier molecular flexibility index (Phi) is 5.22. The van der Waals surface area contributed by atoms with Crippen molar-refractivity contribution in [3.8, 4) is 11.5 Å². The van der Waals surface area contributed by atoms with Gasteiger partial charge in [-0.1, -0.05) is 18.2 Å². The maximum Gasteiger partial charge on any atom is 0.251 e. The number of nitrogens with one attached hydrogen (secondary N) is 1. The molecule has 1 N–H and O–H groups in total. The highest BCUT2D eigenvalue weighted by Crippen LogP contribution is 2.30. The standard InChI is InChI=1S/C20H20N2O4/c1-3-26-17-10-8-14(12-18(17)25-2)9-11-20(24)22-13-19(23)21-15-6-4-5-7-16(15)22/h4-12H,3,13H2,1-2H3,(H,21,23). The summed E-state index contributed by atoms with van der Waals surface area (Å²) in [6.45, 7) is 2.44. The first kappa shape index (κ1) is 17.5. The van der Waals surface area contributed by atoms with Crippen LogP contribution in [0.15, 0.2) is 48.5 Å². The average molecular weight is 352 g/mol. The summed E-state index contributed by atoms with van der Waals surface area (Å²) in [4.78, 5) is 25.9. The van der Waals surface area contributed by atoms with Gasteiger partial charge in [-0.2, -0.15) is 0 Å². The van der Waals surface area contributed by atoms with E-state index in [1.165, 1.54) is 11.0 Å². The first-order chi connectivity index (χ1) is 12.6. The number of para-hydroxylation sites is 2. The lowest BCUT2D eigenvalue weighted by atomic mass is 10.1. The lowest BCUT2D eigenvalue weighted by Gasteiger charge is -2.28. The highest BCUT2D eigenvalue weighted by molar-refractivity contribution is 6.13. The predicted octanol–water partition coefficient (Wildman–Crippen LogP) is 3.09. The van der Waals surface area contributed by atoms with Crippen LogP contribution in [-0.2, 0) is 9.59 Å².